The monoisotopic (exact) mass is 766 g/mol. The average molecular weight is 768 g/mol. The fourth-order valence-electron chi connectivity index (χ4n) is 7.29. The van der Waals surface area contributed by atoms with Crippen LogP contribution in [-0.4, -0.2) is 116 Å². The summed E-state index contributed by atoms with van der Waals surface area (Å²) in [4.78, 5) is 44.5. The van der Waals surface area contributed by atoms with E-state index in [0.717, 1.165) is 13.1 Å². The maximum absolute atomic E-state index is 14.4. The highest BCUT2D eigenvalue weighted by atomic mass is 35.5. The zero-order valence-corrected chi connectivity index (χ0v) is 30.0. The van der Waals surface area contributed by atoms with Gasteiger partial charge in [0.1, 0.15) is 24.4 Å². The van der Waals surface area contributed by atoms with E-state index in [1.54, 1.807) is 34.9 Å². The maximum atomic E-state index is 14.4. The van der Waals surface area contributed by atoms with Gasteiger partial charge in [-0.25, -0.2) is 5.26 Å². The number of ether oxygens (including phenoxy) is 2. The summed E-state index contributed by atoms with van der Waals surface area (Å²) in [6.07, 6.45) is -6.23. The lowest BCUT2D eigenvalue weighted by atomic mass is 9.96. The smallest absolute Gasteiger partial charge is 0.521 e. The predicted molar refractivity (Wildman–Crippen MR) is 189 cm³/mol. The second kappa shape index (κ2) is 15.0. The second-order valence-electron chi connectivity index (χ2n) is 12.0. The Morgan fingerprint density at radius 2 is 1.59 bits per heavy atom. The Labute approximate surface area is 302 Å². The molecule has 15 nitrogen and oxygen atoms in total. The number of carbonyl (C=O) groups excluding carboxylic acids is 2. The topological polar surface area (TPSA) is 210 Å². The number of aromatic nitrogens is 2. The Hall–Kier alpha value is -3.28. The lowest BCUT2D eigenvalue weighted by Gasteiger charge is -2.42. The van der Waals surface area contributed by atoms with E-state index >= 15 is 0 Å². The lowest BCUT2D eigenvalue weighted by molar-refractivity contribution is -0.255. The van der Waals surface area contributed by atoms with E-state index in [9.17, 15) is 24.9 Å². The van der Waals surface area contributed by atoms with E-state index in [4.69, 9.17) is 47.4 Å². The van der Waals surface area contributed by atoms with Gasteiger partial charge in [-0.3, -0.25) is 14.5 Å². The number of methoxy groups -OCH3 is 1. The fourth-order valence-corrected chi connectivity index (χ4v) is 7.78. The SMILES string of the molecule is CCN(CC)CCN1C(=O)c2c(c3c4cccc(Cl)c4n([C@@H]4O[C@H](CO)[C@@H](OC)[C@H](O)[C@H]4O)c3c3[nH]c4c(Cl)cccc4c23)C1=O.O=[P+]([O-])OO.[HH]. The first kappa shape index (κ1) is 37.5. The quantitative estimate of drug-likeness (QED) is 0.0623. The third-order valence-corrected chi connectivity index (χ3v) is 10.4. The molecule has 6 atom stereocenters. The van der Waals surface area contributed by atoms with E-state index in [1.807, 2.05) is 19.9 Å². The number of carbonyl (C=O) groups is 2. The first-order valence-corrected chi connectivity index (χ1v) is 17.9. The number of fused-ring (bicyclic) bond motifs is 10. The molecule has 2 aliphatic rings. The van der Waals surface area contributed by atoms with Crippen LogP contribution < -0.4 is 4.89 Å². The number of para-hydroxylation sites is 2. The number of nitrogens with one attached hydrogen (secondary N) is 1. The Balaban J connectivity index is 0.000000817. The van der Waals surface area contributed by atoms with E-state index in [0.29, 0.717) is 60.2 Å². The molecule has 51 heavy (non-hydrogen) atoms. The molecular weight excluding hydrogens is 730 g/mol. The molecular formula is C33H37Cl2N4O11P. The number of hydrogen-bond donors (Lipinski definition) is 5. The van der Waals surface area contributed by atoms with Crippen molar-refractivity contribution in [3.05, 3.63) is 57.6 Å². The minimum atomic E-state index is -3.04. The first-order chi connectivity index (χ1) is 24.4. The van der Waals surface area contributed by atoms with Gasteiger partial charge in [-0.05, 0) is 29.8 Å². The van der Waals surface area contributed by atoms with Crippen molar-refractivity contribution >= 4 is 86.9 Å². The van der Waals surface area contributed by atoms with Gasteiger partial charge < -0.3 is 44.1 Å². The number of imide groups is 1. The minimum absolute atomic E-state index is 0. The number of likely N-dealkylation sites (N-methyl/N-ethyl adjacent to an activating group) is 1. The molecule has 1 saturated heterocycles. The van der Waals surface area contributed by atoms with Crippen molar-refractivity contribution in [2.24, 2.45) is 0 Å². The molecule has 274 valence electrons. The second-order valence-corrected chi connectivity index (χ2v) is 13.5. The molecule has 18 heteroatoms. The van der Waals surface area contributed by atoms with E-state index in [-0.39, 0.29) is 19.1 Å². The number of H-pyrrole nitrogens is 1. The molecule has 0 saturated carbocycles. The standard InChI is InChI=1S/C33H34Cl2N4O7.HO4P.H2/c1-4-37(5-2)12-13-38-31(43)22-20-15-8-6-10-17(34)24(15)36-25(20)27-21(23(22)32(38)44)16-9-7-11-18(35)26(16)39(27)33-29(42)28(41)30(45-3)19(14-40)46-33;1-4-5(2)3;/h6-11,19,28-30,33,36,40-42H,4-5,12-14H2,1-3H3;1H;1H/t19-,28-,29-,30-,33-;;/m1../s1. The van der Waals surface area contributed by atoms with Gasteiger partial charge in [0.25, 0.3) is 11.8 Å². The van der Waals surface area contributed by atoms with Crippen molar-refractivity contribution in [3.63, 3.8) is 0 Å². The van der Waals surface area contributed by atoms with Crippen molar-refractivity contribution < 1.29 is 55.2 Å². The molecule has 0 spiro atoms. The van der Waals surface area contributed by atoms with Crippen LogP contribution >= 0.6 is 31.5 Å². The summed E-state index contributed by atoms with van der Waals surface area (Å²) < 4.78 is 24.9. The molecule has 5 aromatic rings. The summed E-state index contributed by atoms with van der Waals surface area (Å²) in [6.45, 7) is 5.83. The van der Waals surface area contributed by atoms with Crippen molar-refractivity contribution in [1.29, 1.82) is 0 Å². The normalized spacial score (nSPS) is 22.5. The number of amides is 2. The molecule has 0 aliphatic carbocycles. The predicted octanol–water partition coefficient (Wildman–Crippen LogP) is 4.04. The average Bonchev–Trinajstić information content (AvgIpc) is 3.75. The van der Waals surface area contributed by atoms with Crippen molar-refractivity contribution in [2.75, 3.05) is 39.9 Å². The number of aliphatic hydroxyl groups excluding tert-OH is 3. The van der Waals surface area contributed by atoms with Gasteiger partial charge in [0, 0.05) is 47.8 Å². The number of rotatable bonds is 9. The van der Waals surface area contributed by atoms with E-state index < -0.39 is 57.3 Å². The molecule has 0 bridgehead atoms. The molecule has 1 fully saturated rings. The van der Waals surface area contributed by atoms with Crippen LogP contribution in [0.3, 0.4) is 0 Å². The van der Waals surface area contributed by atoms with Crippen LogP contribution in [0.4, 0.5) is 0 Å². The minimum Gasteiger partial charge on any atom is -0.565 e. The molecule has 7 rings (SSSR count). The third kappa shape index (κ3) is 6.10. The fraction of sp³-hybridized carbons (Fsp3) is 0.394. The number of aliphatic hydroxyl groups is 3. The van der Waals surface area contributed by atoms with Crippen molar-refractivity contribution in [2.45, 2.75) is 44.5 Å². The summed E-state index contributed by atoms with van der Waals surface area (Å²) >= 11 is 13.6. The summed E-state index contributed by atoms with van der Waals surface area (Å²) in [6, 6.07) is 10.6. The molecule has 3 aromatic carbocycles. The molecule has 1 unspecified atom stereocenters. The van der Waals surface area contributed by atoms with Gasteiger partial charge in [-0.2, -0.15) is 0 Å². The van der Waals surface area contributed by atoms with Crippen molar-refractivity contribution in [1.82, 2.24) is 19.4 Å². The van der Waals surface area contributed by atoms with Gasteiger partial charge in [0.05, 0.1) is 49.8 Å². The summed E-state index contributed by atoms with van der Waals surface area (Å²) in [5.41, 5.74) is 2.38. The van der Waals surface area contributed by atoms with Gasteiger partial charge >= 0.3 is 8.25 Å². The number of hydrogen-bond acceptors (Lipinski definition) is 12. The maximum Gasteiger partial charge on any atom is 0.521 e. The first-order valence-electron chi connectivity index (χ1n) is 16.0. The highest BCUT2D eigenvalue weighted by Crippen LogP contribution is 2.49. The number of halogens is 2. The molecule has 4 heterocycles. The van der Waals surface area contributed by atoms with Gasteiger partial charge in [0.2, 0.25) is 0 Å². The van der Waals surface area contributed by atoms with E-state index in [2.05, 4.69) is 14.6 Å². The van der Waals surface area contributed by atoms with Crippen LogP contribution in [0.5, 0.6) is 0 Å². The van der Waals surface area contributed by atoms with Crippen LogP contribution in [0.25, 0.3) is 43.6 Å². The molecule has 5 N–H and O–H groups in total. The highest BCUT2D eigenvalue weighted by molar-refractivity contribution is 7.30. The van der Waals surface area contributed by atoms with Gasteiger partial charge in [-0.1, -0.05) is 61.3 Å². The Morgan fingerprint density at radius 1 is 0.980 bits per heavy atom. The molecule has 2 amide bonds. The Kier molecular flexibility index (Phi) is 11.0. The van der Waals surface area contributed by atoms with E-state index in [1.165, 1.54) is 12.0 Å². The largest absolute Gasteiger partial charge is 0.565 e. The van der Waals surface area contributed by atoms with Gasteiger partial charge in [-0.15, -0.1) is 0 Å². The molecule has 2 aromatic heterocycles. The lowest BCUT2D eigenvalue weighted by Crippen LogP contribution is -2.57. The van der Waals surface area contributed by atoms with Crippen LogP contribution in [0.15, 0.2) is 36.4 Å². The van der Waals surface area contributed by atoms with Crippen LogP contribution in [0.1, 0.15) is 42.2 Å². The summed E-state index contributed by atoms with van der Waals surface area (Å²) in [5.74, 6) is -0.845. The number of benzene rings is 3. The highest BCUT2D eigenvalue weighted by Gasteiger charge is 2.48. The number of nitrogens with zero attached hydrogens (tertiary/aromatic N) is 3. The molecule has 0 radical (unpaired) electrons. The van der Waals surface area contributed by atoms with Crippen LogP contribution in [0, 0.1) is 0 Å². The van der Waals surface area contributed by atoms with Crippen LogP contribution in [0.2, 0.25) is 10.0 Å². The van der Waals surface area contributed by atoms with Gasteiger partial charge in [0.15, 0.2) is 6.23 Å². The molecule has 2 aliphatic heterocycles. The zero-order valence-electron chi connectivity index (χ0n) is 27.6. The summed E-state index contributed by atoms with van der Waals surface area (Å²) in [5, 5.41) is 42.8. The summed E-state index contributed by atoms with van der Waals surface area (Å²) in [7, 11) is -1.68. The zero-order chi connectivity index (χ0) is 36.9. The van der Waals surface area contributed by atoms with Crippen LogP contribution in [-0.2, 0) is 18.7 Å². The Morgan fingerprint density at radius 3 is 2.18 bits per heavy atom. The number of aromatic amines is 1. The van der Waals surface area contributed by atoms with Crippen molar-refractivity contribution in [3.8, 4) is 0 Å². The Bertz CT molecular complexity index is 2180. The third-order valence-electron chi connectivity index (χ3n) is 9.63.